The van der Waals surface area contributed by atoms with Crippen molar-refractivity contribution in [2.45, 2.75) is 19.5 Å². The smallest absolute Gasteiger partial charge is 0.253 e. The summed E-state index contributed by atoms with van der Waals surface area (Å²) in [6.07, 6.45) is 3.63. The molecule has 2 aromatic heterocycles. The molecule has 6 nitrogen and oxygen atoms in total. The number of rotatable bonds is 5. The maximum atomic E-state index is 12.7. The molecule has 1 fully saturated rings. The lowest BCUT2D eigenvalue weighted by molar-refractivity contribution is -0.129. The molecular weight excluding hydrogens is 398 g/mol. The van der Waals surface area contributed by atoms with Gasteiger partial charge in [0.1, 0.15) is 5.76 Å². The normalized spacial score (nSPS) is 17.5. The van der Waals surface area contributed by atoms with Crippen LogP contribution in [0.15, 0.2) is 63.6 Å². The Bertz CT molecular complexity index is 1050. The van der Waals surface area contributed by atoms with Gasteiger partial charge in [-0.3, -0.25) is 9.59 Å². The highest BCUT2D eigenvalue weighted by molar-refractivity contribution is 7.07. The number of hydrogen-bond donors (Lipinski definition) is 0. The first kappa shape index (κ1) is 18.7. The van der Waals surface area contributed by atoms with E-state index < -0.39 is 5.92 Å². The highest BCUT2D eigenvalue weighted by Gasteiger charge is 2.34. The number of amides is 2. The van der Waals surface area contributed by atoms with Crippen LogP contribution in [0, 0.1) is 5.92 Å². The molecule has 0 spiro atoms. The minimum Gasteiger partial charge on any atom is -0.467 e. The van der Waals surface area contributed by atoms with Crippen LogP contribution in [0.3, 0.4) is 0 Å². The molecule has 3 aromatic rings. The molecule has 2 amide bonds. The van der Waals surface area contributed by atoms with Gasteiger partial charge in [0.2, 0.25) is 5.91 Å². The van der Waals surface area contributed by atoms with E-state index in [1.807, 2.05) is 46.5 Å². The third-order valence-corrected chi connectivity index (χ3v) is 5.82. The molecule has 1 aliphatic heterocycles. The summed E-state index contributed by atoms with van der Waals surface area (Å²) in [5.41, 5.74) is 0.956. The van der Waals surface area contributed by atoms with Crippen molar-refractivity contribution in [3.05, 3.63) is 75.4 Å². The molecule has 1 atom stereocenters. The van der Waals surface area contributed by atoms with Crippen molar-refractivity contribution < 1.29 is 14.0 Å². The van der Waals surface area contributed by atoms with Gasteiger partial charge in [0.15, 0.2) is 4.80 Å². The van der Waals surface area contributed by atoms with Crippen LogP contribution in [0.25, 0.3) is 0 Å². The Morgan fingerprint density at radius 3 is 2.89 bits per heavy atom. The molecule has 8 heteroatoms. The molecule has 1 aromatic carbocycles. The van der Waals surface area contributed by atoms with Crippen LogP contribution in [0.4, 0.5) is 0 Å². The first-order chi connectivity index (χ1) is 13.6. The maximum Gasteiger partial charge on any atom is 0.253 e. The van der Waals surface area contributed by atoms with Crippen molar-refractivity contribution >= 4 is 34.8 Å². The topological polar surface area (TPSA) is 67.8 Å². The largest absolute Gasteiger partial charge is 0.467 e. The van der Waals surface area contributed by atoms with E-state index in [1.165, 1.54) is 11.3 Å². The average Bonchev–Trinajstić information content (AvgIpc) is 3.41. The van der Waals surface area contributed by atoms with Gasteiger partial charge in [0.25, 0.3) is 5.91 Å². The molecule has 0 radical (unpaired) electrons. The Balaban J connectivity index is 1.48. The van der Waals surface area contributed by atoms with Crippen LogP contribution in [0.1, 0.15) is 17.7 Å². The Labute approximate surface area is 170 Å². The van der Waals surface area contributed by atoms with Crippen LogP contribution in [-0.2, 0) is 22.7 Å². The maximum absolute atomic E-state index is 12.7. The van der Waals surface area contributed by atoms with E-state index in [-0.39, 0.29) is 18.2 Å². The SMILES string of the molecule is O=C(N=c1sccn1Cc1ccccc1Cl)C1CC(=O)N(Cc2ccco2)C1. The first-order valence-electron chi connectivity index (χ1n) is 8.86. The fraction of sp³-hybridized carbons (Fsp3) is 0.250. The standard InChI is InChI=1S/C20H18ClN3O3S/c21-17-6-2-1-4-14(17)11-23-7-9-28-20(23)22-19(26)15-10-18(25)24(12-15)13-16-5-3-8-27-16/h1-9,15H,10-13H2. The molecule has 4 rings (SSSR count). The summed E-state index contributed by atoms with van der Waals surface area (Å²) in [4.78, 5) is 31.4. The average molecular weight is 416 g/mol. The second-order valence-corrected chi connectivity index (χ2v) is 7.89. The van der Waals surface area contributed by atoms with Crippen LogP contribution in [0.2, 0.25) is 5.02 Å². The van der Waals surface area contributed by atoms with E-state index >= 15 is 0 Å². The van der Waals surface area contributed by atoms with Gasteiger partial charge in [0, 0.05) is 29.6 Å². The minimum atomic E-state index is -0.432. The van der Waals surface area contributed by atoms with Crippen LogP contribution in [0.5, 0.6) is 0 Å². The predicted molar refractivity (Wildman–Crippen MR) is 106 cm³/mol. The number of carbonyl (C=O) groups is 2. The molecule has 1 unspecified atom stereocenters. The molecule has 1 aliphatic rings. The third-order valence-electron chi connectivity index (χ3n) is 4.65. The van der Waals surface area contributed by atoms with Gasteiger partial charge < -0.3 is 13.9 Å². The number of carbonyl (C=O) groups excluding carboxylic acids is 2. The van der Waals surface area contributed by atoms with Crippen LogP contribution >= 0.6 is 22.9 Å². The fourth-order valence-electron chi connectivity index (χ4n) is 3.18. The summed E-state index contributed by atoms with van der Waals surface area (Å²) < 4.78 is 7.18. The number of thiazole rings is 1. The van der Waals surface area contributed by atoms with E-state index in [4.69, 9.17) is 16.0 Å². The van der Waals surface area contributed by atoms with Crippen molar-refractivity contribution in [3.8, 4) is 0 Å². The van der Waals surface area contributed by atoms with Crippen molar-refractivity contribution in [1.82, 2.24) is 9.47 Å². The van der Waals surface area contributed by atoms with E-state index in [0.29, 0.717) is 35.2 Å². The zero-order chi connectivity index (χ0) is 19.5. The van der Waals surface area contributed by atoms with Crippen molar-refractivity contribution in [2.75, 3.05) is 6.54 Å². The summed E-state index contributed by atoms with van der Waals surface area (Å²) >= 11 is 7.62. The molecular formula is C20H18ClN3O3S. The Hall–Kier alpha value is -2.64. The number of furan rings is 1. The number of likely N-dealkylation sites (tertiary alicyclic amines) is 1. The Morgan fingerprint density at radius 2 is 2.11 bits per heavy atom. The van der Waals surface area contributed by atoms with Crippen molar-refractivity contribution in [3.63, 3.8) is 0 Å². The van der Waals surface area contributed by atoms with Gasteiger partial charge in [-0.2, -0.15) is 4.99 Å². The summed E-state index contributed by atoms with van der Waals surface area (Å²) in [5.74, 6) is -0.0571. The van der Waals surface area contributed by atoms with Gasteiger partial charge in [0.05, 0.1) is 25.3 Å². The summed E-state index contributed by atoms with van der Waals surface area (Å²) in [5, 5.41) is 2.56. The van der Waals surface area contributed by atoms with Crippen LogP contribution < -0.4 is 4.80 Å². The molecule has 144 valence electrons. The first-order valence-corrected chi connectivity index (χ1v) is 10.1. The quantitative estimate of drug-likeness (QED) is 0.642. The second-order valence-electron chi connectivity index (χ2n) is 6.61. The molecule has 3 heterocycles. The molecule has 0 N–H and O–H groups in total. The molecule has 0 bridgehead atoms. The molecule has 1 saturated heterocycles. The number of nitrogens with zero attached hydrogens (tertiary/aromatic N) is 3. The molecule has 28 heavy (non-hydrogen) atoms. The Kier molecular flexibility index (Phi) is 5.45. The molecule has 0 aliphatic carbocycles. The van der Waals surface area contributed by atoms with Gasteiger partial charge in [-0.1, -0.05) is 29.8 Å². The van der Waals surface area contributed by atoms with Gasteiger partial charge in [-0.05, 0) is 23.8 Å². The van der Waals surface area contributed by atoms with Crippen LogP contribution in [-0.4, -0.2) is 27.8 Å². The number of halogens is 1. The predicted octanol–water partition coefficient (Wildman–Crippen LogP) is 3.32. The zero-order valence-electron chi connectivity index (χ0n) is 15.0. The second kappa shape index (κ2) is 8.16. The van der Waals surface area contributed by atoms with Crippen molar-refractivity contribution in [1.29, 1.82) is 0 Å². The zero-order valence-corrected chi connectivity index (χ0v) is 16.5. The monoisotopic (exact) mass is 415 g/mol. The summed E-state index contributed by atoms with van der Waals surface area (Å²) in [6.45, 7) is 1.27. The van der Waals surface area contributed by atoms with E-state index in [1.54, 1.807) is 17.2 Å². The van der Waals surface area contributed by atoms with E-state index in [0.717, 1.165) is 5.56 Å². The lowest BCUT2D eigenvalue weighted by Crippen LogP contribution is -2.26. The fourth-order valence-corrected chi connectivity index (χ4v) is 4.11. The van der Waals surface area contributed by atoms with E-state index in [9.17, 15) is 9.59 Å². The van der Waals surface area contributed by atoms with E-state index in [2.05, 4.69) is 4.99 Å². The minimum absolute atomic E-state index is 0.0555. The lowest BCUT2D eigenvalue weighted by Gasteiger charge is -2.13. The highest BCUT2D eigenvalue weighted by atomic mass is 35.5. The van der Waals surface area contributed by atoms with Gasteiger partial charge in [-0.25, -0.2) is 0 Å². The lowest BCUT2D eigenvalue weighted by atomic mass is 10.1. The highest BCUT2D eigenvalue weighted by Crippen LogP contribution is 2.21. The summed E-state index contributed by atoms with van der Waals surface area (Å²) in [7, 11) is 0. The molecule has 0 saturated carbocycles. The Morgan fingerprint density at radius 1 is 1.25 bits per heavy atom. The third kappa shape index (κ3) is 4.10. The number of aromatic nitrogens is 1. The number of hydrogen-bond acceptors (Lipinski definition) is 4. The van der Waals surface area contributed by atoms with Gasteiger partial charge in [-0.15, -0.1) is 11.3 Å². The van der Waals surface area contributed by atoms with Gasteiger partial charge >= 0.3 is 0 Å². The van der Waals surface area contributed by atoms with Crippen molar-refractivity contribution in [2.24, 2.45) is 10.9 Å². The summed E-state index contributed by atoms with van der Waals surface area (Å²) in [6, 6.07) is 11.2. The number of benzene rings is 1.